The Balaban J connectivity index is 2.26. The molecule has 0 saturated carbocycles. The molecule has 3 rings (SSSR count). The van der Waals surface area contributed by atoms with Crippen molar-refractivity contribution in [2.75, 3.05) is 7.11 Å². The lowest BCUT2D eigenvalue weighted by molar-refractivity contribution is 0.0696. The first-order valence-electron chi connectivity index (χ1n) is 5.77. The SMILES string of the molecule is COc1cnccc1-c1nnc2ccc(C(=O)O)cn12. The molecule has 7 heteroatoms. The molecule has 3 aromatic rings. The van der Waals surface area contributed by atoms with Gasteiger partial charge in [-0.1, -0.05) is 0 Å². The molecule has 0 aliphatic carbocycles. The van der Waals surface area contributed by atoms with Crippen LogP contribution in [0.2, 0.25) is 0 Å². The number of carboxylic acid groups (broad SMARTS) is 1. The number of ether oxygens (including phenoxy) is 1. The van der Waals surface area contributed by atoms with Crippen LogP contribution in [0.1, 0.15) is 10.4 Å². The van der Waals surface area contributed by atoms with E-state index in [1.807, 2.05) is 0 Å². The Morgan fingerprint density at radius 1 is 1.30 bits per heavy atom. The molecule has 0 atom stereocenters. The lowest BCUT2D eigenvalue weighted by atomic mass is 10.2. The van der Waals surface area contributed by atoms with E-state index in [0.29, 0.717) is 22.8 Å². The molecule has 0 radical (unpaired) electrons. The normalized spacial score (nSPS) is 10.7. The summed E-state index contributed by atoms with van der Waals surface area (Å²) in [5.41, 5.74) is 1.41. The van der Waals surface area contributed by atoms with Gasteiger partial charge in [-0.05, 0) is 18.2 Å². The van der Waals surface area contributed by atoms with E-state index in [9.17, 15) is 4.79 Å². The number of carbonyl (C=O) groups is 1. The Morgan fingerprint density at radius 3 is 2.90 bits per heavy atom. The Kier molecular flexibility index (Phi) is 2.79. The summed E-state index contributed by atoms with van der Waals surface area (Å²) in [7, 11) is 1.53. The molecule has 0 unspecified atom stereocenters. The average Bonchev–Trinajstić information content (AvgIpc) is 2.89. The largest absolute Gasteiger partial charge is 0.494 e. The van der Waals surface area contributed by atoms with Crippen molar-refractivity contribution >= 4 is 11.6 Å². The molecule has 0 fully saturated rings. The number of hydrogen-bond acceptors (Lipinski definition) is 5. The Morgan fingerprint density at radius 2 is 2.15 bits per heavy atom. The van der Waals surface area contributed by atoms with Gasteiger partial charge in [0.2, 0.25) is 0 Å². The van der Waals surface area contributed by atoms with E-state index in [1.54, 1.807) is 28.9 Å². The molecular weight excluding hydrogens is 260 g/mol. The van der Waals surface area contributed by atoms with Crippen LogP contribution in [0.3, 0.4) is 0 Å². The predicted octanol–water partition coefficient (Wildman–Crippen LogP) is 1.50. The second-order valence-electron chi connectivity index (χ2n) is 4.05. The number of hydrogen-bond donors (Lipinski definition) is 1. The maximum absolute atomic E-state index is 11.0. The summed E-state index contributed by atoms with van der Waals surface area (Å²) < 4.78 is 6.85. The van der Waals surface area contributed by atoms with E-state index in [-0.39, 0.29) is 5.56 Å². The van der Waals surface area contributed by atoms with E-state index >= 15 is 0 Å². The smallest absolute Gasteiger partial charge is 0.337 e. The molecule has 7 nitrogen and oxygen atoms in total. The monoisotopic (exact) mass is 270 g/mol. The van der Waals surface area contributed by atoms with Crippen LogP contribution in [0.25, 0.3) is 17.0 Å². The molecule has 0 aliphatic heterocycles. The molecule has 1 N–H and O–H groups in total. The van der Waals surface area contributed by atoms with Crippen LogP contribution in [0, 0.1) is 0 Å². The molecule has 100 valence electrons. The van der Waals surface area contributed by atoms with E-state index in [0.717, 1.165) is 0 Å². The van der Waals surface area contributed by atoms with Crippen LogP contribution >= 0.6 is 0 Å². The van der Waals surface area contributed by atoms with Gasteiger partial charge < -0.3 is 9.84 Å². The van der Waals surface area contributed by atoms with E-state index in [1.165, 1.54) is 19.4 Å². The first kappa shape index (κ1) is 12.1. The van der Waals surface area contributed by atoms with Crippen LogP contribution in [0.5, 0.6) is 5.75 Å². The fraction of sp³-hybridized carbons (Fsp3) is 0.0769. The highest BCUT2D eigenvalue weighted by molar-refractivity contribution is 5.87. The van der Waals surface area contributed by atoms with Gasteiger partial charge in [0.25, 0.3) is 0 Å². The Labute approximate surface area is 113 Å². The third kappa shape index (κ3) is 1.85. The van der Waals surface area contributed by atoms with E-state index in [2.05, 4.69) is 15.2 Å². The number of aromatic nitrogens is 4. The van der Waals surface area contributed by atoms with Gasteiger partial charge >= 0.3 is 5.97 Å². The summed E-state index contributed by atoms with van der Waals surface area (Å²) in [6, 6.07) is 4.83. The number of carboxylic acids is 1. The van der Waals surface area contributed by atoms with Gasteiger partial charge in [-0.2, -0.15) is 0 Å². The number of pyridine rings is 2. The van der Waals surface area contributed by atoms with Crippen molar-refractivity contribution in [3.8, 4) is 17.1 Å². The summed E-state index contributed by atoms with van der Waals surface area (Å²) in [6.45, 7) is 0. The first-order chi connectivity index (χ1) is 9.70. The fourth-order valence-electron chi connectivity index (χ4n) is 1.93. The average molecular weight is 270 g/mol. The van der Waals surface area contributed by atoms with Crippen LogP contribution in [-0.4, -0.2) is 37.8 Å². The standard InChI is InChI=1S/C13H10N4O3/c1-20-10-6-14-5-4-9(10)12-16-15-11-3-2-8(13(18)19)7-17(11)12/h2-7H,1H3,(H,18,19). The molecule has 3 aromatic heterocycles. The number of methoxy groups -OCH3 is 1. The molecule has 0 amide bonds. The van der Waals surface area contributed by atoms with Gasteiger partial charge in [0.05, 0.1) is 24.4 Å². The summed E-state index contributed by atoms with van der Waals surface area (Å²) >= 11 is 0. The first-order valence-corrected chi connectivity index (χ1v) is 5.77. The maximum Gasteiger partial charge on any atom is 0.337 e. The fourth-order valence-corrected chi connectivity index (χ4v) is 1.93. The van der Waals surface area contributed by atoms with Crippen LogP contribution < -0.4 is 4.74 Å². The van der Waals surface area contributed by atoms with Crippen molar-refractivity contribution in [2.24, 2.45) is 0 Å². The molecule has 0 saturated heterocycles. The zero-order valence-electron chi connectivity index (χ0n) is 10.5. The topological polar surface area (TPSA) is 89.6 Å². The van der Waals surface area contributed by atoms with Crippen molar-refractivity contribution in [1.82, 2.24) is 19.6 Å². The molecule has 0 spiro atoms. The highest BCUT2D eigenvalue weighted by Gasteiger charge is 2.14. The molecule has 0 aromatic carbocycles. The van der Waals surface area contributed by atoms with Crippen molar-refractivity contribution in [1.29, 1.82) is 0 Å². The maximum atomic E-state index is 11.0. The zero-order chi connectivity index (χ0) is 14.1. The van der Waals surface area contributed by atoms with Gasteiger partial charge in [0.15, 0.2) is 11.5 Å². The highest BCUT2D eigenvalue weighted by Crippen LogP contribution is 2.27. The van der Waals surface area contributed by atoms with Gasteiger partial charge in [0.1, 0.15) is 5.75 Å². The Hall–Kier alpha value is -2.96. The lowest BCUT2D eigenvalue weighted by Gasteiger charge is -2.06. The number of rotatable bonds is 3. The molecule has 0 aliphatic rings. The number of fused-ring (bicyclic) bond motifs is 1. The molecule has 3 heterocycles. The van der Waals surface area contributed by atoms with Crippen molar-refractivity contribution in [3.05, 3.63) is 42.4 Å². The second-order valence-corrected chi connectivity index (χ2v) is 4.05. The van der Waals surface area contributed by atoms with Gasteiger partial charge in [-0.15, -0.1) is 10.2 Å². The Bertz CT molecular complexity index is 797. The summed E-state index contributed by atoms with van der Waals surface area (Å²) in [6.07, 6.45) is 4.66. The number of aromatic carboxylic acids is 1. The second kappa shape index (κ2) is 4.61. The lowest BCUT2D eigenvalue weighted by Crippen LogP contribution is -2.00. The quantitative estimate of drug-likeness (QED) is 0.775. The summed E-state index contributed by atoms with van der Waals surface area (Å²) in [5.74, 6) is 0.0399. The molecule has 20 heavy (non-hydrogen) atoms. The highest BCUT2D eigenvalue weighted by atomic mass is 16.5. The van der Waals surface area contributed by atoms with Crippen LogP contribution in [0.15, 0.2) is 36.8 Å². The van der Waals surface area contributed by atoms with Crippen LogP contribution in [0.4, 0.5) is 0 Å². The van der Waals surface area contributed by atoms with Crippen molar-refractivity contribution in [3.63, 3.8) is 0 Å². The van der Waals surface area contributed by atoms with Crippen molar-refractivity contribution < 1.29 is 14.6 Å². The van der Waals surface area contributed by atoms with E-state index in [4.69, 9.17) is 9.84 Å². The van der Waals surface area contributed by atoms with Gasteiger partial charge in [-0.3, -0.25) is 9.38 Å². The zero-order valence-corrected chi connectivity index (χ0v) is 10.5. The third-order valence-corrected chi connectivity index (χ3v) is 2.89. The minimum atomic E-state index is -1.01. The van der Waals surface area contributed by atoms with Gasteiger partial charge in [-0.25, -0.2) is 4.79 Å². The summed E-state index contributed by atoms with van der Waals surface area (Å²) in [4.78, 5) is 15.0. The summed E-state index contributed by atoms with van der Waals surface area (Å²) in [5, 5.41) is 17.2. The molecule has 0 bridgehead atoms. The third-order valence-electron chi connectivity index (χ3n) is 2.89. The van der Waals surface area contributed by atoms with E-state index < -0.39 is 5.97 Å². The van der Waals surface area contributed by atoms with Crippen molar-refractivity contribution in [2.45, 2.75) is 0 Å². The van der Waals surface area contributed by atoms with Gasteiger partial charge in [0, 0.05) is 12.4 Å². The molecular formula is C13H10N4O3. The minimum Gasteiger partial charge on any atom is -0.494 e. The predicted molar refractivity (Wildman–Crippen MR) is 69.7 cm³/mol. The minimum absolute atomic E-state index is 0.159. The van der Waals surface area contributed by atoms with Crippen LogP contribution in [-0.2, 0) is 0 Å². The number of nitrogens with zero attached hydrogens (tertiary/aromatic N) is 4.